The molecule has 0 saturated carbocycles. The van der Waals surface area contributed by atoms with Gasteiger partial charge in [0.1, 0.15) is 16.0 Å². The first-order valence-corrected chi connectivity index (χ1v) is 6.83. The molecule has 1 heterocycles. The Bertz CT molecular complexity index is 638. The zero-order chi connectivity index (χ0) is 13.8. The number of hydrogen-bond acceptors (Lipinski definition) is 3. The number of nitrogens with one attached hydrogen (secondary N) is 1. The molecule has 2 aromatic rings. The highest BCUT2D eigenvalue weighted by molar-refractivity contribution is 9.10. The lowest BCUT2D eigenvalue weighted by atomic mass is 10.1. The maximum absolute atomic E-state index is 11.8. The minimum absolute atomic E-state index is 0.134. The molecule has 1 aromatic carbocycles. The fraction of sp³-hybridized carbons (Fsp3) is 0.286. The fourth-order valence-electron chi connectivity index (χ4n) is 1.85. The van der Waals surface area contributed by atoms with E-state index in [1.54, 1.807) is 7.11 Å². The smallest absolute Gasteiger partial charge is 0.265 e. The first-order valence-electron chi connectivity index (χ1n) is 6.04. The number of aromatic amines is 1. The summed E-state index contributed by atoms with van der Waals surface area (Å²) in [6.45, 7) is 1.97. The lowest BCUT2D eigenvalue weighted by Crippen LogP contribution is -2.15. The lowest BCUT2D eigenvalue weighted by Gasteiger charge is -2.06. The molecule has 1 aromatic heterocycles. The third-order valence-corrected chi connectivity index (χ3v) is 3.64. The van der Waals surface area contributed by atoms with Gasteiger partial charge >= 0.3 is 0 Å². The van der Waals surface area contributed by atoms with Crippen molar-refractivity contribution in [3.63, 3.8) is 0 Å². The highest BCUT2D eigenvalue weighted by Gasteiger charge is 2.08. The molecule has 0 aliphatic heterocycles. The quantitative estimate of drug-likeness (QED) is 0.941. The summed E-state index contributed by atoms with van der Waals surface area (Å²) in [5.41, 5.74) is 1.69. The van der Waals surface area contributed by atoms with Gasteiger partial charge in [-0.3, -0.25) is 4.79 Å². The van der Waals surface area contributed by atoms with Gasteiger partial charge in [0.05, 0.1) is 12.8 Å². The number of aryl methyl sites for hydroxylation is 1. The zero-order valence-corrected chi connectivity index (χ0v) is 12.5. The molecule has 0 fully saturated rings. The molecule has 100 valence electrons. The normalized spacial score (nSPS) is 10.5. The number of ether oxygens (including phenoxy) is 1. The Labute approximate surface area is 120 Å². The number of rotatable bonds is 4. The van der Waals surface area contributed by atoms with E-state index >= 15 is 0 Å². The molecule has 0 amide bonds. The molecule has 19 heavy (non-hydrogen) atoms. The third-order valence-electron chi connectivity index (χ3n) is 2.82. The van der Waals surface area contributed by atoms with E-state index in [-0.39, 0.29) is 5.56 Å². The topological polar surface area (TPSA) is 55.0 Å². The molecular weight excluding hydrogens is 308 g/mol. The van der Waals surface area contributed by atoms with Gasteiger partial charge in [-0.05, 0) is 40.0 Å². The maximum Gasteiger partial charge on any atom is 0.265 e. The highest BCUT2D eigenvalue weighted by atomic mass is 79.9. The predicted molar refractivity (Wildman–Crippen MR) is 77.7 cm³/mol. The van der Waals surface area contributed by atoms with Crippen molar-refractivity contribution in [2.75, 3.05) is 7.11 Å². The van der Waals surface area contributed by atoms with Crippen molar-refractivity contribution in [2.24, 2.45) is 0 Å². The average Bonchev–Trinajstić information content (AvgIpc) is 2.43. The van der Waals surface area contributed by atoms with Crippen LogP contribution in [0.1, 0.15) is 24.0 Å². The van der Waals surface area contributed by atoms with Crippen LogP contribution in [0.15, 0.2) is 33.5 Å². The van der Waals surface area contributed by atoms with E-state index in [0.29, 0.717) is 16.7 Å². The van der Waals surface area contributed by atoms with E-state index in [2.05, 4.69) is 25.9 Å². The van der Waals surface area contributed by atoms with Crippen LogP contribution in [-0.2, 0) is 12.8 Å². The minimum Gasteiger partial charge on any atom is -0.497 e. The van der Waals surface area contributed by atoms with Crippen molar-refractivity contribution in [3.05, 3.63) is 56.2 Å². The number of halogens is 1. The van der Waals surface area contributed by atoms with E-state index in [9.17, 15) is 4.79 Å². The van der Waals surface area contributed by atoms with E-state index in [4.69, 9.17) is 4.74 Å². The van der Waals surface area contributed by atoms with Crippen molar-refractivity contribution in [2.45, 2.75) is 19.8 Å². The maximum atomic E-state index is 11.8. The molecule has 0 unspecified atom stereocenters. The first kappa shape index (κ1) is 13.8. The van der Waals surface area contributed by atoms with Crippen molar-refractivity contribution in [3.8, 4) is 5.75 Å². The molecule has 0 atom stereocenters. The van der Waals surface area contributed by atoms with Gasteiger partial charge in [0.25, 0.3) is 5.56 Å². The van der Waals surface area contributed by atoms with Crippen LogP contribution < -0.4 is 10.3 Å². The summed E-state index contributed by atoms with van der Waals surface area (Å²) >= 11 is 3.26. The van der Waals surface area contributed by atoms with Gasteiger partial charge in [0.15, 0.2) is 0 Å². The molecule has 0 spiro atoms. The van der Waals surface area contributed by atoms with Gasteiger partial charge in [0.2, 0.25) is 0 Å². The molecule has 4 nitrogen and oxygen atoms in total. The largest absolute Gasteiger partial charge is 0.497 e. The van der Waals surface area contributed by atoms with Crippen molar-refractivity contribution in [1.82, 2.24) is 9.97 Å². The van der Waals surface area contributed by atoms with E-state index in [1.165, 1.54) is 0 Å². The molecule has 5 heteroatoms. The molecule has 0 saturated heterocycles. The predicted octanol–water partition coefficient (Wildman–Crippen LogP) is 2.69. The second kappa shape index (κ2) is 6.02. The number of H-pyrrole nitrogens is 1. The highest BCUT2D eigenvalue weighted by Crippen LogP contribution is 2.15. The Kier molecular flexibility index (Phi) is 4.37. The molecule has 0 radical (unpaired) electrons. The monoisotopic (exact) mass is 322 g/mol. The van der Waals surface area contributed by atoms with E-state index in [0.717, 1.165) is 23.4 Å². The van der Waals surface area contributed by atoms with Crippen molar-refractivity contribution in [1.29, 1.82) is 0 Å². The Hall–Kier alpha value is -1.62. The first-order chi connectivity index (χ1) is 9.13. The van der Waals surface area contributed by atoms with Gasteiger partial charge in [0, 0.05) is 6.42 Å². The Morgan fingerprint density at radius 3 is 2.89 bits per heavy atom. The number of methoxy groups -OCH3 is 1. The van der Waals surface area contributed by atoms with E-state index < -0.39 is 0 Å². The minimum atomic E-state index is -0.134. The van der Waals surface area contributed by atoms with Crippen LogP contribution in [0.3, 0.4) is 0 Å². The van der Waals surface area contributed by atoms with Crippen LogP contribution >= 0.6 is 15.9 Å². The molecule has 0 aliphatic carbocycles. The standard InChI is InChI=1S/C14H15BrN2O2/c1-3-11-13(15)14(18)17-12(16-11)8-9-5-4-6-10(7-9)19-2/h4-7H,3,8H2,1-2H3,(H,16,17,18). The number of aromatic nitrogens is 2. The second-order valence-electron chi connectivity index (χ2n) is 4.16. The fourth-order valence-corrected chi connectivity index (χ4v) is 2.32. The molecule has 0 bridgehead atoms. The van der Waals surface area contributed by atoms with Gasteiger partial charge in [-0.2, -0.15) is 0 Å². The van der Waals surface area contributed by atoms with Crippen molar-refractivity contribution >= 4 is 15.9 Å². The van der Waals surface area contributed by atoms with Crippen LogP contribution in [0.25, 0.3) is 0 Å². The van der Waals surface area contributed by atoms with E-state index in [1.807, 2.05) is 31.2 Å². The summed E-state index contributed by atoms with van der Waals surface area (Å²) in [5, 5.41) is 0. The van der Waals surface area contributed by atoms with Crippen molar-refractivity contribution < 1.29 is 4.74 Å². The van der Waals surface area contributed by atoms with Crippen LogP contribution in [-0.4, -0.2) is 17.1 Å². The Morgan fingerprint density at radius 1 is 1.42 bits per heavy atom. The average molecular weight is 323 g/mol. The van der Waals surface area contributed by atoms with Gasteiger partial charge in [-0.25, -0.2) is 4.98 Å². The lowest BCUT2D eigenvalue weighted by molar-refractivity contribution is 0.414. The Balaban J connectivity index is 2.32. The summed E-state index contributed by atoms with van der Waals surface area (Å²) in [6, 6.07) is 7.73. The third kappa shape index (κ3) is 3.23. The molecule has 1 N–H and O–H groups in total. The summed E-state index contributed by atoms with van der Waals surface area (Å²) in [6.07, 6.45) is 1.29. The SMILES string of the molecule is CCc1nc(Cc2cccc(OC)c2)[nH]c(=O)c1Br. The Morgan fingerprint density at radius 2 is 2.21 bits per heavy atom. The summed E-state index contributed by atoms with van der Waals surface area (Å²) < 4.78 is 5.70. The number of nitrogens with zero attached hydrogens (tertiary/aromatic N) is 1. The second-order valence-corrected chi connectivity index (χ2v) is 4.95. The van der Waals surface area contributed by atoms with Crippen LogP contribution in [0, 0.1) is 0 Å². The van der Waals surface area contributed by atoms with Gasteiger partial charge in [-0.1, -0.05) is 19.1 Å². The summed E-state index contributed by atoms with van der Waals surface area (Å²) in [5.74, 6) is 1.46. The number of benzene rings is 1. The molecule has 0 aliphatic rings. The summed E-state index contributed by atoms with van der Waals surface area (Å²) in [7, 11) is 1.63. The molecular formula is C14H15BrN2O2. The van der Waals surface area contributed by atoms with Crippen LogP contribution in [0.2, 0.25) is 0 Å². The zero-order valence-electron chi connectivity index (χ0n) is 10.9. The molecule has 2 rings (SSSR count). The van der Waals surface area contributed by atoms with Gasteiger partial charge in [-0.15, -0.1) is 0 Å². The van der Waals surface area contributed by atoms with Crippen LogP contribution in [0.5, 0.6) is 5.75 Å². The summed E-state index contributed by atoms with van der Waals surface area (Å²) in [4.78, 5) is 19.0. The number of hydrogen-bond donors (Lipinski definition) is 1. The van der Waals surface area contributed by atoms with Gasteiger partial charge < -0.3 is 9.72 Å². The van der Waals surface area contributed by atoms with Crippen LogP contribution in [0.4, 0.5) is 0 Å².